The molecule has 0 amide bonds. The zero-order valence-corrected chi connectivity index (χ0v) is 14.9. The molecule has 132 valence electrons. The molecule has 1 atom stereocenters. The van der Waals surface area contributed by atoms with Crippen LogP contribution in [-0.4, -0.2) is 44.5 Å². The van der Waals surface area contributed by atoms with Crippen molar-refractivity contribution in [3.05, 3.63) is 59.7 Å². The molecule has 1 aliphatic rings. The molecule has 0 radical (unpaired) electrons. The fraction of sp³-hybridized carbons (Fsp3) is 0.381. The van der Waals surface area contributed by atoms with Gasteiger partial charge in [-0.25, -0.2) is 0 Å². The van der Waals surface area contributed by atoms with Crippen LogP contribution in [-0.2, 0) is 0 Å². The van der Waals surface area contributed by atoms with Gasteiger partial charge in [0.05, 0.1) is 14.2 Å². The third kappa shape index (κ3) is 4.20. The summed E-state index contributed by atoms with van der Waals surface area (Å²) < 4.78 is 10.5. The van der Waals surface area contributed by atoms with Crippen molar-refractivity contribution in [3.8, 4) is 11.5 Å². The molecule has 2 aromatic rings. The van der Waals surface area contributed by atoms with E-state index in [1.54, 1.807) is 32.4 Å². The highest BCUT2D eigenvalue weighted by Gasteiger charge is 2.24. The van der Waals surface area contributed by atoms with E-state index >= 15 is 0 Å². The highest BCUT2D eigenvalue weighted by atomic mass is 16.5. The maximum atomic E-state index is 12.5. The molecule has 0 bridgehead atoms. The number of nitrogens with zero attached hydrogens (tertiary/aromatic N) is 1. The number of ketones is 1. The number of ether oxygens (including phenoxy) is 2. The number of benzene rings is 2. The molecule has 25 heavy (non-hydrogen) atoms. The van der Waals surface area contributed by atoms with E-state index < -0.39 is 0 Å². The van der Waals surface area contributed by atoms with Gasteiger partial charge in [0.1, 0.15) is 0 Å². The van der Waals surface area contributed by atoms with E-state index in [9.17, 15) is 4.79 Å². The number of carbonyl (C=O) groups is 1. The number of hydrogen-bond acceptors (Lipinski definition) is 4. The molecule has 1 heterocycles. The van der Waals surface area contributed by atoms with Gasteiger partial charge in [0.25, 0.3) is 0 Å². The lowest BCUT2D eigenvalue weighted by Gasteiger charge is -2.16. The van der Waals surface area contributed by atoms with Crippen LogP contribution in [0.2, 0.25) is 0 Å². The van der Waals surface area contributed by atoms with E-state index in [0.717, 1.165) is 26.1 Å². The second-order valence-electron chi connectivity index (χ2n) is 6.44. The largest absolute Gasteiger partial charge is 0.493 e. The molecule has 2 aromatic carbocycles. The first-order chi connectivity index (χ1) is 12.2. The lowest BCUT2D eigenvalue weighted by atomic mass is 9.99. The topological polar surface area (TPSA) is 38.8 Å². The van der Waals surface area contributed by atoms with E-state index in [4.69, 9.17) is 9.47 Å². The third-order valence-electron chi connectivity index (χ3n) is 4.90. The van der Waals surface area contributed by atoms with Gasteiger partial charge in [-0.3, -0.25) is 4.79 Å². The maximum absolute atomic E-state index is 12.5. The number of likely N-dealkylation sites (tertiary alicyclic amines) is 1. The van der Waals surface area contributed by atoms with Gasteiger partial charge in [-0.05, 0) is 42.6 Å². The lowest BCUT2D eigenvalue weighted by molar-refractivity contribution is 0.0968. The van der Waals surface area contributed by atoms with E-state index in [1.807, 2.05) is 0 Å². The van der Waals surface area contributed by atoms with Crippen molar-refractivity contribution >= 4 is 5.78 Å². The number of carbonyl (C=O) groups excluding carboxylic acids is 1. The Morgan fingerprint density at radius 3 is 2.56 bits per heavy atom. The summed E-state index contributed by atoms with van der Waals surface area (Å²) in [5.41, 5.74) is 2.08. The van der Waals surface area contributed by atoms with E-state index in [-0.39, 0.29) is 5.78 Å². The van der Waals surface area contributed by atoms with Crippen molar-refractivity contribution < 1.29 is 14.3 Å². The van der Waals surface area contributed by atoms with Crippen molar-refractivity contribution in [3.63, 3.8) is 0 Å². The van der Waals surface area contributed by atoms with Gasteiger partial charge >= 0.3 is 0 Å². The smallest absolute Gasteiger partial charge is 0.164 e. The highest BCUT2D eigenvalue weighted by Crippen LogP contribution is 2.29. The summed E-state index contributed by atoms with van der Waals surface area (Å²) in [5.74, 6) is 1.96. The molecule has 4 heteroatoms. The second kappa shape index (κ2) is 8.17. The van der Waals surface area contributed by atoms with Crippen LogP contribution in [0.5, 0.6) is 11.5 Å². The molecule has 0 aliphatic carbocycles. The Morgan fingerprint density at radius 1 is 1.08 bits per heavy atom. The first-order valence-electron chi connectivity index (χ1n) is 8.73. The van der Waals surface area contributed by atoms with Crippen molar-refractivity contribution in [1.82, 2.24) is 4.90 Å². The Kier molecular flexibility index (Phi) is 5.71. The molecule has 1 saturated heterocycles. The van der Waals surface area contributed by atoms with Crippen LogP contribution >= 0.6 is 0 Å². The molecule has 0 aromatic heterocycles. The highest BCUT2D eigenvalue weighted by molar-refractivity contribution is 5.96. The van der Waals surface area contributed by atoms with E-state index in [2.05, 4.69) is 35.2 Å². The number of Topliss-reactive ketones (excluding diaryl/α,β-unsaturated/α-hetero) is 1. The normalized spacial score (nSPS) is 17.4. The van der Waals surface area contributed by atoms with Gasteiger partial charge in [-0.2, -0.15) is 0 Å². The predicted molar refractivity (Wildman–Crippen MR) is 98.7 cm³/mol. The summed E-state index contributed by atoms with van der Waals surface area (Å²) in [7, 11) is 3.18. The molecule has 1 fully saturated rings. The summed E-state index contributed by atoms with van der Waals surface area (Å²) >= 11 is 0. The monoisotopic (exact) mass is 339 g/mol. The van der Waals surface area contributed by atoms with Crippen molar-refractivity contribution in [2.75, 3.05) is 33.9 Å². The first-order valence-corrected chi connectivity index (χ1v) is 8.73. The average Bonchev–Trinajstić information content (AvgIpc) is 3.15. The van der Waals surface area contributed by atoms with Crippen molar-refractivity contribution in [2.24, 2.45) is 0 Å². The average molecular weight is 339 g/mol. The fourth-order valence-electron chi connectivity index (χ4n) is 3.45. The fourth-order valence-corrected chi connectivity index (χ4v) is 3.45. The number of hydrogen-bond donors (Lipinski definition) is 0. The zero-order chi connectivity index (χ0) is 17.6. The van der Waals surface area contributed by atoms with Gasteiger partial charge in [0.2, 0.25) is 0 Å². The summed E-state index contributed by atoms with van der Waals surface area (Å²) in [6, 6.07) is 16.0. The SMILES string of the molecule is COc1ccc(C(=O)CCN2CCC(c3ccccc3)C2)cc1OC. The van der Waals surface area contributed by atoms with Gasteiger partial charge in [0.15, 0.2) is 17.3 Å². The molecular weight excluding hydrogens is 314 g/mol. The minimum Gasteiger partial charge on any atom is -0.493 e. The van der Waals surface area contributed by atoms with Gasteiger partial charge in [0, 0.05) is 25.1 Å². The van der Waals surface area contributed by atoms with Crippen molar-refractivity contribution in [2.45, 2.75) is 18.8 Å². The maximum Gasteiger partial charge on any atom is 0.164 e. The standard InChI is InChI=1S/C21H25NO3/c1-24-20-9-8-17(14-21(20)25-2)19(23)11-13-22-12-10-18(15-22)16-6-4-3-5-7-16/h3-9,14,18H,10-13,15H2,1-2H3. The van der Waals surface area contributed by atoms with Crippen LogP contribution in [0.3, 0.4) is 0 Å². The number of rotatable bonds is 7. The summed E-state index contributed by atoms with van der Waals surface area (Å²) in [4.78, 5) is 14.9. The summed E-state index contributed by atoms with van der Waals surface area (Å²) in [5, 5.41) is 0. The zero-order valence-electron chi connectivity index (χ0n) is 14.9. The Bertz CT molecular complexity index is 714. The second-order valence-corrected chi connectivity index (χ2v) is 6.44. The Hall–Kier alpha value is -2.33. The van der Waals surface area contributed by atoms with Gasteiger partial charge in [-0.1, -0.05) is 30.3 Å². The minimum atomic E-state index is 0.143. The van der Waals surface area contributed by atoms with Crippen LogP contribution in [0.1, 0.15) is 34.7 Å². The summed E-state index contributed by atoms with van der Waals surface area (Å²) in [6.45, 7) is 2.89. The molecule has 1 aliphatic heterocycles. The lowest BCUT2D eigenvalue weighted by Crippen LogP contribution is -2.23. The van der Waals surface area contributed by atoms with Crippen molar-refractivity contribution in [1.29, 1.82) is 0 Å². The van der Waals surface area contributed by atoms with E-state index in [0.29, 0.717) is 29.4 Å². The predicted octanol–water partition coefficient (Wildman–Crippen LogP) is 3.77. The van der Waals surface area contributed by atoms with Crippen LogP contribution in [0.4, 0.5) is 0 Å². The van der Waals surface area contributed by atoms with Crippen LogP contribution in [0.25, 0.3) is 0 Å². The minimum absolute atomic E-state index is 0.143. The molecule has 3 rings (SSSR count). The van der Waals surface area contributed by atoms with Gasteiger partial charge < -0.3 is 14.4 Å². The van der Waals surface area contributed by atoms with E-state index in [1.165, 1.54) is 5.56 Å². The molecule has 0 spiro atoms. The van der Waals surface area contributed by atoms with Gasteiger partial charge in [-0.15, -0.1) is 0 Å². The summed E-state index contributed by atoms with van der Waals surface area (Å²) in [6.07, 6.45) is 1.69. The first kappa shape index (κ1) is 17.5. The molecule has 0 N–H and O–H groups in total. The Morgan fingerprint density at radius 2 is 1.84 bits per heavy atom. The Labute approximate surface area is 149 Å². The van der Waals surface area contributed by atoms with Crippen LogP contribution in [0.15, 0.2) is 48.5 Å². The molecule has 1 unspecified atom stereocenters. The molecular formula is C21H25NO3. The quantitative estimate of drug-likeness (QED) is 0.720. The number of methoxy groups -OCH3 is 2. The third-order valence-corrected chi connectivity index (χ3v) is 4.90. The molecule has 0 saturated carbocycles. The van der Waals surface area contributed by atoms with Crippen LogP contribution in [0, 0.1) is 0 Å². The Balaban J connectivity index is 1.55. The van der Waals surface area contributed by atoms with Crippen LogP contribution < -0.4 is 9.47 Å². The molecule has 4 nitrogen and oxygen atoms in total.